The Morgan fingerprint density at radius 3 is 2.70 bits per heavy atom. The van der Waals surface area contributed by atoms with E-state index in [1.807, 2.05) is 0 Å². The summed E-state index contributed by atoms with van der Waals surface area (Å²) in [5.41, 5.74) is 1.65. The normalized spacial score (nSPS) is 19.0. The predicted molar refractivity (Wildman–Crippen MR) is 89.9 cm³/mol. The molecular weight excluding hydrogens is 314 g/mol. The van der Waals surface area contributed by atoms with E-state index in [0.29, 0.717) is 23.7 Å². The minimum absolute atomic E-state index is 0.0127. The second kappa shape index (κ2) is 6.98. The van der Waals surface area contributed by atoms with E-state index in [1.165, 1.54) is 6.07 Å². The maximum absolute atomic E-state index is 12.4. The molecule has 1 unspecified atom stereocenters. The Labute approximate surface area is 138 Å². The zero-order valence-corrected chi connectivity index (χ0v) is 14.7. The molecule has 1 aliphatic heterocycles. The molecule has 1 amide bonds. The Morgan fingerprint density at radius 1 is 1.39 bits per heavy atom. The Bertz CT molecular complexity index is 701. The van der Waals surface area contributed by atoms with Gasteiger partial charge in [0.05, 0.1) is 4.90 Å². The van der Waals surface area contributed by atoms with Crippen molar-refractivity contribution in [1.29, 1.82) is 0 Å². The molecule has 0 spiro atoms. The standard InChI is InChI=1S/C16H25N3O3S/c1-4-19-7-5-6-14(19)10-18-16(20)13-8-11(2)12(3)15(9-13)23(17,21)22/h8-9,14H,4-7,10H2,1-3H3,(H,18,20)(H2,17,21,22). The molecule has 1 aliphatic rings. The largest absolute Gasteiger partial charge is 0.350 e. The van der Waals surface area contributed by atoms with Crippen LogP contribution in [0.2, 0.25) is 0 Å². The number of rotatable bonds is 5. The van der Waals surface area contributed by atoms with Crippen molar-refractivity contribution in [3.8, 4) is 0 Å². The van der Waals surface area contributed by atoms with E-state index in [0.717, 1.165) is 31.5 Å². The maximum atomic E-state index is 12.4. The number of likely N-dealkylation sites (tertiary alicyclic amines) is 1. The van der Waals surface area contributed by atoms with Crippen LogP contribution in [0.5, 0.6) is 0 Å². The third-order valence-electron chi connectivity index (χ3n) is 4.59. The summed E-state index contributed by atoms with van der Waals surface area (Å²) in [4.78, 5) is 14.7. The third-order valence-corrected chi connectivity index (χ3v) is 5.63. The number of likely N-dealkylation sites (N-methyl/N-ethyl adjacent to an activating group) is 1. The second-order valence-corrected chi connectivity index (χ2v) is 7.63. The topological polar surface area (TPSA) is 92.5 Å². The van der Waals surface area contributed by atoms with Crippen molar-refractivity contribution in [2.75, 3.05) is 19.6 Å². The van der Waals surface area contributed by atoms with Gasteiger partial charge < -0.3 is 5.32 Å². The van der Waals surface area contributed by atoms with E-state index in [9.17, 15) is 13.2 Å². The van der Waals surface area contributed by atoms with Crippen molar-refractivity contribution in [3.63, 3.8) is 0 Å². The fourth-order valence-corrected chi connectivity index (χ4v) is 3.99. The van der Waals surface area contributed by atoms with Crippen LogP contribution in [0, 0.1) is 13.8 Å². The number of primary sulfonamides is 1. The van der Waals surface area contributed by atoms with Crippen LogP contribution >= 0.6 is 0 Å². The number of carbonyl (C=O) groups is 1. The summed E-state index contributed by atoms with van der Waals surface area (Å²) < 4.78 is 23.3. The molecule has 0 bridgehead atoms. The molecule has 1 atom stereocenters. The van der Waals surface area contributed by atoms with Crippen molar-refractivity contribution in [1.82, 2.24) is 10.2 Å². The summed E-state index contributed by atoms with van der Waals surface area (Å²) in [5.74, 6) is -0.263. The molecule has 1 saturated heterocycles. The molecule has 128 valence electrons. The van der Waals surface area contributed by atoms with Crippen LogP contribution in [0.3, 0.4) is 0 Å². The van der Waals surface area contributed by atoms with E-state index in [1.54, 1.807) is 19.9 Å². The smallest absolute Gasteiger partial charge is 0.251 e. The van der Waals surface area contributed by atoms with E-state index in [4.69, 9.17) is 5.14 Å². The van der Waals surface area contributed by atoms with Crippen LogP contribution in [0.1, 0.15) is 41.3 Å². The fraction of sp³-hybridized carbons (Fsp3) is 0.562. The van der Waals surface area contributed by atoms with Gasteiger partial charge in [-0.25, -0.2) is 13.6 Å². The number of hydrogen-bond acceptors (Lipinski definition) is 4. The molecule has 3 N–H and O–H groups in total. The number of aryl methyl sites for hydroxylation is 1. The number of nitrogens with one attached hydrogen (secondary N) is 1. The molecule has 1 aromatic carbocycles. The molecular formula is C16H25N3O3S. The minimum Gasteiger partial charge on any atom is -0.350 e. The highest BCUT2D eigenvalue weighted by Gasteiger charge is 2.24. The number of sulfonamides is 1. The lowest BCUT2D eigenvalue weighted by Gasteiger charge is -2.23. The van der Waals surface area contributed by atoms with E-state index >= 15 is 0 Å². The predicted octanol–water partition coefficient (Wildman–Crippen LogP) is 1.16. The van der Waals surface area contributed by atoms with Gasteiger partial charge in [0.25, 0.3) is 5.91 Å². The molecule has 1 heterocycles. The number of amides is 1. The Morgan fingerprint density at radius 2 is 2.09 bits per heavy atom. The second-order valence-electron chi connectivity index (χ2n) is 6.10. The first-order chi connectivity index (χ1) is 10.7. The van der Waals surface area contributed by atoms with Gasteiger partial charge in [0.15, 0.2) is 0 Å². The lowest BCUT2D eigenvalue weighted by molar-refractivity contribution is 0.0941. The minimum atomic E-state index is -3.84. The lowest BCUT2D eigenvalue weighted by atomic mass is 10.1. The highest BCUT2D eigenvalue weighted by atomic mass is 32.2. The van der Waals surface area contributed by atoms with Gasteiger partial charge in [-0.05, 0) is 63.0 Å². The van der Waals surface area contributed by atoms with E-state index < -0.39 is 10.0 Å². The number of nitrogens with two attached hydrogens (primary N) is 1. The first-order valence-corrected chi connectivity index (χ1v) is 9.45. The molecule has 0 radical (unpaired) electrons. The van der Waals surface area contributed by atoms with Gasteiger partial charge in [0.1, 0.15) is 0 Å². The highest BCUT2D eigenvalue weighted by Crippen LogP contribution is 2.20. The Balaban J connectivity index is 2.15. The molecule has 6 nitrogen and oxygen atoms in total. The van der Waals surface area contributed by atoms with Crippen molar-refractivity contribution < 1.29 is 13.2 Å². The zero-order chi connectivity index (χ0) is 17.2. The summed E-state index contributed by atoms with van der Waals surface area (Å²) in [6.45, 7) is 8.19. The van der Waals surface area contributed by atoms with Crippen LogP contribution in [0.4, 0.5) is 0 Å². The molecule has 2 rings (SSSR count). The molecule has 0 aromatic heterocycles. The van der Waals surface area contributed by atoms with Crippen molar-refractivity contribution >= 4 is 15.9 Å². The monoisotopic (exact) mass is 339 g/mol. The first kappa shape index (κ1) is 17.9. The summed E-state index contributed by atoms with van der Waals surface area (Å²) in [5, 5.41) is 8.15. The van der Waals surface area contributed by atoms with Gasteiger partial charge in [0, 0.05) is 18.2 Å². The molecule has 0 aliphatic carbocycles. The molecule has 1 aromatic rings. The van der Waals surface area contributed by atoms with Crippen LogP contribution < -0.4 is 10.5 Å². The van der Waals surface area contributed by atoms with Crippen molar-refractivity contribution in [2.45, 2.75) is 44.6 Å². The number of benzene rings is 1. The Kier molecular flexibility index (Phi) is 5.44. The van der Waals surface area contributed by atoms with Crippen LogP contribution in [-0.4, -0.2) is 44.9 Å². The molecule has 1 fully saturated rings. The van der Waals surface area contributed by atoms with Gasteiger partial charge in [-0.2, -0.15) is 0 Å². The van der Waals surface area contributed by atoms with E-state index in [-0.39, 0.29) is 10.8 Å². The van der Waals surface area contributed by atoms with Gasteiger partial charge >= 0.3 is 0 Å². The van der Waals surface area contributed by atoms with Crippen LogP contribution in [0.25, 0.3) is 0 Å². The van der Waals surface area contributed by atoms with Crippen molar-refractivity contribution in [2.24, 2.45) is 5.14 Å². The van der Waals surface area contributed by atoms with Crippen LogP contribution in [0.15, 0.2) is 17.0 Å². The summed E-state index contributed by atoms with van der Waals surface area (Å²) >= 11 is 0. The van der Waals surface area contributed by atoms with Crippen molar-refractivity contribution in [3.05, 3.63) is 28.8 Å². The molecule has 23 heavy (non-hydrogen) atoms. The van der Waals surface area contributed by atoms with Gasteiger partial charge in [0.2, 0.25) is 10.0 Å². The maximum Gasteiger partial charge on any atom is 0.251 e. The first-order valence-electron chi connectivity index (χ1n) is 7.90. The quantitative estimate of drug-likeness (QED) is 0.842. The SMILES string of the molecule is CCN1CCCC1CNC(=O)c1cc(C)c(C)c(S(N)(=O)=O)c1. The van der Waals surface area contributed by atoms with E-state index in [2.05, 4.69) is 17.1 Å². The number of nitrogens with zero attached hydrogens (tertiary/aromatic N) is 1. The van der Waals surface area contributed by atoms with Crippen LogP contribution in [-0.2, 0) is 10.0 Å². The third kappa shape index (κ3) is 4.10. The average molecular weight is 339 g/mol. The summed E-state index contributed by atoms with van der Waals surface area (Å²) in [7, 11) is -3.84. The number of carbonyl (C=O) groups excluding carboxylic acids is 1. The molecule has 0 saturated carbocycles. The fourth-order valence-electron chi connectivity index (χ4n) is 3.11. The average Bonchev–Trinajstić information content (AvgIpc) is 2.93. The van der Waals surface area contributed by atoms with Gasteiger partial charge in [-0.15, -0.1) is 0 Å². The summed E-state index contributed by atoms with van der Waals surface area (Å²) in [6, 6.07) is 3.42. The molecule has 7 heteroatoms. The zero-order valence-electron chi connectivity index (χ0n) is 13.9. The van der Waals surface area contributed by atoms with Gasteiger partial charge in [-0.3, -0.25) is 9.69 Å². The lowest BCUT2D eigenvalue weighted by Crippen LogP contribution is -2.40. The number of hydrogen-bond donors (Lipinski definition) is 2. The Hall–Kier alpha value is -1.44. The summed E-state index contributed by atoms with van der Waals surface area (Å²) in [6.07, 6.45) is 2.22. The highest BCUT2D eigenvalue weighted by molar-refractivity contribution is 7.89. The van der Waals surface area contributed by atoms with Gasteiger partial charge in [-0.1, -0.05) is 6.92 Å².